The molecule has 1 unspecified atom stereocenters. The molecule has 3 nitrogen and oxygen atoms in total. The summed E-state index contributed by atoms with van der Waals surface area (Å²) in [5, 5.41) is 8.97. The molecule has 0 saturated heterocycles. The predicted octanol–water partition coefficient (Wildman–Crippen LogP) is 2.08. The molecule has 0 bridgehead atoms. The molecular formula is C13H17NO2. The third kappa shape index (κ3) is 2.23. The summed E-state index contributed by atoms with van der Waals surface area (Å²) in [4.78, 5) is 15.5. The van der Waals surface area contributed by atoms with Crippen LogP contribution in [0.3, 0.4) is 0 Å². The highest BCUT2D eigenvalue weighted by atomic mass is 16.4. The van der Waals surface area contributed by atoms with Gasteiger partial charge < -0.3 is 5.11 Å². The van der Waals surface area contributed by atoms with Crippen LogP contribution in [0.1, 0.15) is 30.8 Å². The second-order valence-electron chi connectivity index (χ2n) is 4.95. The number of nitrogens with zero attached hydrogens (tertiary/aromatic N) is 1. The van der Waals surface area contributed by atoms with Crippen molar-refractivity contribution in [1.82, 2.24) is 4.98 Å². The number of rotatable bonds is 3. The van der Waals surface area contributed by atoms with Gasteiger partial charge in [-0.15, -0.1) is 0 Å². The van der Waals surface area contributed by atoms with Gasteiger partial charge in [-0.3, -0.25) is 9.78 Å². The van der Waals surface area contributed by atoms with Crippen molar-refractivity contribution in [1.29, 1.82) is 0 Å². The monoisotopic (exact) mass is 219 g/mol. The number of carbonyl (C=O) groups is 1. The normalized spacial score (nSPS) is 18.8. The number of carboxylic acids is 1. The van der Waals surface area contributed by atoms with Gasteiger partial charge >= 0.3 is 5.97 Å². The van der Waals surface area contributed by atoms with Gasteiger partial charge in [0.2, 0.25) is 0 Å². The van der Waals surface area contributed by atoms with Gasteiger partial charge in [0.1, 0.15) is 0 Å². The SMILES string of the molecule is CC(C)Cc1ccc2c(n1)CC(C(=O)O)C2. The molecule has 1 N–H and O–H groups in total. The summed E-state index contributed by atoms with van der Waals surface area (Å²) < 4.78 is 0. The maximum atomic E-state index is 10.9. The van der Waals surface area contributed by atoms with Gasteiger partial charge in [-0.1, -0.05) is 19.9 Å². The van der Waals surface area contributed by atoms with E-state index in [9.17, 15) is 4.79 Å². The summed E-state index contributed by atoms with van der Waals surface area (Å²) in [5.74, 6) is -0.387. The van der Waals surface area contributed by atoms with Crippen molar-refractivity contribution in [2.45, 2.75) is 33.1 Å². The molecule has 16 heavy (non-hydrogen) atoms. The van der Waals surface area contributed by atoms with E-state index in [-0.39, 0.29) is 5.92 Å². The standard InChI is InChI=1S/C13H17NO2/c1-8(2)5-11-4-3-9-6-10(13(15)16)7-12(9)14-11/h3-4,8,10H,5-7H2,1-2H3,(H,15,16). The molecule has 0 saturated carbocycles. The maximum Gasteiger partial charge on any atom is 0.307 e. The Labute approximate surface area is 95.5 Å². The van der Waals surface area contributed by atoms with Crippen molar-refractivity contribution in [3.8, 4) is 0 Å². The van der Waals surface area contributed by atoms with E-state index in [4.69, 9.17) is 5.11 Å². The second-order valence-corrected chi connectivity index (χ2v) is 4.95. The van der Waals surface area contributed by atoms with E-state index in [0.29, 0.717) is 18.8 Å². The molecule has 1 atom stereocenters. The zero-order chi connectivity index (χ0) is 11.7. The average Bonchev–Trinajstić information content (AvgIpc) is 2.59. The number of hydrogen-bond donors (Lipinski definition) is 1. The Balaban J connectivity index is 2.17. The highest BCUT2D eigenvalue weighted by Gasteiger charge is 2.28. The van der Waals surface area contributed by atoms with Crippen LogP contribution in [-0.4, -0.2) is 16.1 Å². The number of hydrogen-bond acceptors (Lipinski definition) is 2. The van der Waals surface area contributed by atoms with Crippen LogP contribution >= 0.6 is 0 Å². The number of carboxylic acid groups (broad SMARTS) is 1. The third-order valence-corrected chi connectivity index (χ3v) is 3.00. The summed E-state index contributed by atoms with van der Waals surface area (Å²) in [6.07, 6.45) is 2.20. The van der Waals surface area contributed by atoms with Crippen LogP contribution in [0.15, 0.2) is 12.1 Å². The molecule has 86 valence electrons. The van der Waals surface area contributed by atoms with Crippen LogP contribution in [0.5, 0.6) is 0 Å². The van der Waals surface area contributed by atoms with Gasteiger partial charge in [0.15, 0.2) is 0 Å². The largest absolute Gasteiger partial charge is 0.481 e. The highest BCUT2D eigenvalue weighted by molar-refractivity contribution is 5.72. The lowest BCUT2D eigenvalue weighted by Gasteiger charge is -2.05. The molecule has 0 aliphatic heterocycles. The van der Waals surface area contributed by atoms with Crippen molar-refractivity contribution in [3.05, 3.63) is 29.1 Å². The summed E-state index contributed by atoms with van der Waals surface area (Å²) in [5.41, 5.74) is 3.19. The van der Waals surface area contributed by atoms with E-state index >= 15 is 0 Å². The van der Waals surface area contributed by atoms with Crippen LogP contribution in [0.25, 0.3) is 0 Å². The fourth-order valence-electron chi connectivity index (χ4n) is 2.22. The Bertz CT molecular complexity index is 412. The first-order chi connectivity index (χ1) is 7.56. The molecule has 1 aromatic rings. The minimum atomic E-state index is -0.705. The second kappa shape index (κ2) is 4.24. The molecule has 1 heterocycles. The first-order valence-corrected chi connectivity index (χ1v) is 5.76. The zero-order valence-electron chi connectivity index (χ0n) is 9.73. The molecule has 1 aromatic heterocycles. The first kappa shape index (κ1) is 11.1. The van der Waals surface area contributed by atoms with Crippen LogP contribution in [0.2, 0.25) is 0 Å². The van der Waals surface area contributed by atoms with E-state index in [1.807, 2.05) is 12.1 Å². The molecule has 2 rings (SSSR count). The van der Waals surface area contributed by atoms with Crippen molar-refractivity contribution < 1.29 is 9.90 Å². The van der Waals surface area contributed by atoms with Crippen molar-refractivity contribution in [3.63, 3.8) is 0 Å². The molecule has 0 spiro atoms. The molecule has 0 aromatic carbocycles. The number of aromatic nitrogens is 1. The van der Waals surface area contributed by atoms with Crippen LogP contribution in [0.4, 0.5) is 0 Å². The quantitative estimate of drug-likeness (QED) is 0.846. The van der Waals surface area contributed by atoms with E-state index in [0.717, 1.165) is 23.4 Å². The van der Waals surface area contributed by atoms with Crippen molar-refractivity contribution >= 4 is 5.97 Å². The Morgan fingerprint density at radius 1 is 1.50 bits per heavy atom. The molecule has 0 radical (unpaired) electrons. The summed E-state index contributed by atoms with van der Waals surface area (Å²) in [6, 6.07) is 4.08. The topological polar surface area (TPSA) is 50.2 Å². The number of aliphatic carboxylic acids is 1. The molecule has 0 amide bonds. The maximum absolute atomic E-state index is 10.9. The van der Waals surface area contributed by atoms with Gasteiger partial charge in [0, 0.05) is 17.8 Å². The predicted molar refractivity (Wildman–Crippen MR) is 61.3 cm³/mol. The van der Waals surface area contributed by atoms with E-state index in [1.54, 1.807) is 0 Å². The smallest absolute Gasteiger partial charge is 0.307 e. The molecule has 1 aliphatic rings. The summed E-state index contributed by atoms with van der Waals surface area (Å²) in [7, 11) is 0. The third-order valence-electron chi connectivity index (χ3n) is 3.00. The molecular weight excluding hydrogens is 202 g/mol. The fraction of sp³-hybridized carbons (Fsp3) is 0.538. The molecule has 3 heteroatoms. The van der Waals surface area contributed by atoms with E-state index < -0.39 is 5.97 Å². The summed E-state index contributed by atoms with van der Waals surface area (Å²) >= 11 is 0. The summed E-state index contributed by atoms with van der Waals surface area (Å²) in [6.45, 7) is 4.32. The van der Waals surface area contributed by atoms with Crippen molar-refractivity contribution in [2.75, 3.05) is 0 Å². The fourth-order valence-corrected chi connectivity index (χ4v) is 2.22. The van der Waals surface area contributed by atoms with Gasteiger partial charge in [-0.25, -0.2) is 0 Å². The Hall–Kier alpha value is -1.38. The Kier molecular flexibility index (Phi) is 2.95. The minimum Gasteiger partial charge on any atom is -0.481 e. The minimum absolute atomic E-state index is 0.267. The van der Waals surface area contributed by atoms with E-state index in [1.165, 1.54) is 0 Å². The van der Waals surface area contributed by atoms with Gasteiger partial charge in [0.25, 0.3) is 0 Å². The van der Waals surface area contributed by atoms with Crippen LogP contribution in [-0.2, 0) is 24.1 Å². The van der Waals surface area contributed by atoms with Crippen LogP contribution in [0, 0.1) is 11.8 Å². The Morgan fingerprint density at radius 2 is 2.25 bits per heavy atom. The lowest BCUT2D eigenvalue weighted by molar-refractivity contribution is -0.141. The van der Waals surface area contributed by atoms with Crippen molar-refractivity contribution in [2.24, 2.45) is 11.8 Å². The first-order valence-electron chi connectivity index (χ1n) is 5.76. The Morgan fingerprint density at radius 3 is 2.88 bits per heavy atom. The van der Waals surface area contributed by atoms with Gasteiger partial charge in [0.05, 0.1) is 5.92 Å². The van der Waals surface area contributed by atoms with Gasteiger partial charge in [-0.2, -0.15) is 0 Å². The number of fused-ring (bicyclic) bond motifs is 1. The average molecular weight is 219 g/mol. The zero-order valence-corrected chi connectivity index (χ0v) is 9.73. The van der Waals surface area contributed by atoms with Gasteiger partial charge in [-0.05, 0) is 30.4 Å². The molecule has 1 aliphatic carbocycles. The van der Waals surface area contributed by atoms with E-state index in [2.05, 4.69) is 18.8 Å². The highest BCUT2D eigenvalue weighted by Crippen LogP contribution is 2.26. The number of pyridine rings is 1. The lowest BCUT2D eigenvalue weighted by Crippen LogP contribution is -2.13. The molecule has 0 fully saturated rings. The van der Waals surface area contributed by atoms with Crippen LogP contribution < -0.4 is 0 Å². The lowest BCUT2D eigenvalue weighted by atomic mass is 10.1.